The predicted molar refractivity (Wildman–Crippen MR) is 134 cm³/mol. The molecule has 168 valence electrons. The van der Waals surface area contributed by atoms with Crippen molar-refractivity contribution in [3.05, 3.63) is 119 Å². The van der Waals surface area contributed by atoms with Gasteiger partial charge in [-0.05, 0) is 48.0 Å². The van der Waals surface area contributed by atoms with Crippen LogP contribution in [-0.2, 0) is 6.54 Å². The SMILES string of the molecule is O=c1c2c([nH]c3ccccc13)C(c1ccc3occc3c1)N(c1ncc(-c3ccccn3)cn1)C2. The summed E-state index contributed by atoms with van der Waals surface area (Å²) in [5.74, 6) is 0.551. The molecule has 1 aliphatic rings. The lowest BCUT2D eigenvalue weighted by Crippen LogP contribution is -2.25. The van der Waals surface area contributed by atoms with E-state index in [9.17, 15) is 4.79 Å². The molecule has 7 heteroatoms. The summed E-state index contributed by atoms with van der Waals surface area (Å²) >= 11 is 0. The molecule has 6 aromatic rings. The van der Waals surface area contributed by atoms with E-state index in [4.69, 9.17) is 4.42 Å². The average Bonchev–Trinajstić information content (AvgIpc) is 3.54. The number of para-hydroxylation sites is 1. The van der Waals surface area contributed by atoms with Crippen molar-refractivity contribution < 1.29 is 4.42 Å². The molecule has 0 fully saturated rings. The van der Waals surface area contributed by atoms with E-state index in [2.05, 4.69) is 30.9 Å². The van der Waals surface area contributed by atoms with Gasteiger partial charge in [0.15, 0.2) is 5.43 Å². The summed E-state index contributed by atoms with van der Waals surface area (Å²) in [7, 11) is 0. The second-order valence-corrected chi connectivity index (χ2v) is 8.63. The number of hydrogen-bond donors (Lipinski definition) is 1. The van der Waals surface area contributed by atoms with Crippen molar-refractivity contribution in [3.63, 3.8) is 0 Å². The van der Waals surface area contributed by atoms with Crippen LogP contribution < -0.4 is 10.3 Å². The minimum atomic E-state index is -0.248. The van der Waals surface area contributed by atoms with Crippen molar-refractivity contribution in [3.8, 4) is 11.3 Å². The third-order valence-electron chi connectivity index (χ3n) is 6.60. The van der Waals surface area contributed by atoms with Gasteiger partial charge in [-0.2, -0.15) is 0 Å². The number of anilines is 1. The van der Waals surface area contributed by atoms with Crippen molar-refractivity contribution in [2.45, 2.75) is 12.6 Å². The minimum Gasteiger partial charge on any atom is -0.464 e. The third kappa shape index (κ3) is 3.13. The van der Waals surface area contributed by atoms with E-state index < -0.39 is 0 Å². The molecule has 35 heavy (non-hydrogen) atoms. The highest BCUT2D eigenvalue weighted by Gasteiger charge is 2.36. The maximum Gasteiger partial charge on any atom is 0.226 e. The molecule has 0 amide bonds. The maximum absolute atomic E-state index is 13.5. The van der Waals surface area contributed by atoms with Crippen LogP contribution in [0.2, 0.25) is 0 Å². The summed E-state index contributed by atoms with van der Waals surface area (Å²) in [6.07, 6.45) is 6.99. The quantitative estimate of drug-likeness (QED) is 0.391. The summed E-state index contributed by atoms with van der Waals surface area (Å²) in [5, 5.41) is 1.69. The van der Waals surface area contributed by atoms with Crippen LogP contribution in [0.5, 0.6) is 0 Å². The first-order valence-corrected chi connectivity index (χ1v) is 11.4. The molecule has 4 aromatic heterocycles. The van der Waals surface area contributed by atoms with E-state index in [1.165, 1.54) is 0 Å². The number of benzene rings is 2. The molecular weight excluding hydrogens is 438 g/mol. The number of fused-ring (bicyclic) bond motifs is 3. The highest BCUT2D eigenvalue weighted by Crippen LogP contribution is 2.40. The zero-order valence-electron chi connectivity index (χ0n) is 18.6. The Hall–Kier alpha value is -4.78. The van der Waals surface area contributed by atoms with Crippen LogP contribution in [0.25, 0.3) is 33.1 Å². The van der Waals surface area contributed by atoms with E-state index in [1.807, 2.05) is 60.7 Å². The number of aromatic nitrogens is 4. The summed E-state index contributed by atoms with van der Waals surface area (Å²) in [4.78, 5) is 32.9. The smallest absolute Gasteiger partial charge is 0.226 e. The molecule has 0 aliphatic carbocycles. The number of H-pyrrole nitrogens is 1. The number of hydrogen-bond acceptors (Lipinski definition) is 6. The second-order valence-electron chi connectivity index (χ2n) is 8.63. The number of rotatable bonds is 3. The molecule has 7 rings (SSSR count). The Kier molecular flexibility index (Phi) is 4.29. The fourth-order valence-corrected chi connectivity index (χ4v) is 4.93. The molecule has 0 saturated carbocycles. The fraction of sp³-hybridized carbons (Fsp3) is 0.0714. The number of furan rings is 1. The Morgan fingerprint density at radius 3 is 2.66 bits per heavy atom. The Morgan fingerprint density at radius 1 is 0.943 bits per heavy atom. The minimum absolute atomic E-state index is 0.0383. The van der Waals surface area contributed by atoms with Gasteiger partial charge in [-0.15, -0.1) is 0 Å². The number of aromatic amines is 1. The Morgan fingerprint density at radius 2 is 1.80 bits per heavy atom. The first kappa shape index (κ1) is 19.7. The first-order valence-electron chi connectivity index (χ1n) is 11.4. The van der Waals surface area contributed by atoms with Gasteiger partial charge in [0.05, 0.1) is 30.2 Å². The van der Waals surface area contributed by atoms with Gasteiger partial charge >= 0.3 is 0 Å². The Balaban J connectivity index is 1.39. The molecule has 1 unspecified atom stereocenters. The topological polar surface area (TPSA) is 87.9 Å². The highest BCUT2D eigenvalue weighted by atomic mass is 16.3. The van der Waals surface area contributed by atoms with Gasteiger partial charge in [-0.1, -0.05) is 24.3 Å². The van der Waals surface area contributed by atoms with E-state index in [-0.39, 0.29) is 11.5 Å². The van der Waals surface area contributed by atoms with Crippen LogP contribution >= 0.6 is 0 Å². The number of nitrogens with zero attached hydrogens (tertiary/aromatic N) is 4. The van der Waals surface area contributed by atoms with Gasteiger partial charge in [0.2, 0.25) is 5.95 Å². The molecule has 1 N–H and O–H groups in total. The molecule has 0 spiro atoms. The van der Waals surface area contributed by atoms with Gasteiger partial charge in [0.1, 0.15) is 5.58 Å². The third-order valence-corrected chi connectivity index (χ3v) is 6.60. The normalized spacial score (nSPS) is 15.1. The molecule has 0 radical (unpaired) electrons. The highest BCUT2D eigenvalue weighted by molar-refractivity contribution is 5.81. The Bertz CT molecular complexity index is 1760. The largest absolute Gasteiger partial charge is 0.464 e. The van der Waals surface area contributed by atoms with E-state index in [0.29, 0.717) is 17.9 Å². The second kappa shape index (κ2) is 7.63. The van der Waals surface area contributed by atoms with E-state index in [1.54, 1.807) is 24.9 Å². The lowest BCUT2D eigenvalue weighted by atomic mass is 10.00. The molecule has 0 bridgehead atoms. The molecule has 7 nitrogen and oxygen atoms in total. The van der Waals surface area contributed by atoms with Gasteiger partial charge in [-0.25, -0.2) is 9.97 Å². The molecular formula is C28H19N5O2. The van der Waals surface area contributed by atoms with Crippen LogP contribution in [0.15, 0.2) is 101 Å². The van der Waals surface area contributed by atoms with Crippen molar-refractivity contribution in [1.82, 2.24) is 19.9 Å². The Labute approximate surface area is 199 Å². The van der Waals surface area contributed by atoms with Crippen molar-refractivity contribution >= 4 is 27.8 Å². The predicted octanol–water partition coefficient (Wildman–Crippen LogP) is 5.24. The molecule has 1 aliphatic heterocycles. The summed E-state index contributed by atoms with van der Waals surface area (Å²) in [5.41, 5.74) is 5.96. The first-order chi connectivity index (χ1) is 17.3. The summed E-state index contributed by atoms with van der Waals surface area (Å²) in [6, 6.07) is 21.2. The van der Waals surface area contributed by atoms with E-state index >= 15 is 0 Å². The maximum atomic E-state index is 13.5. The molecule has 1 atom stereocenters. The van der Waals surface area contributed by atoms with Crippen molar-refractivity contribution in [2.75, 3.05) is 4.90 Å². The fourth-order valence-electron chi connectivity index (χ4n) is 4.93. The van der Waals surface area contributed by atoms with Crippen molar-refractivity contribution in [2.24, 2.45) is 0 Å². The van der Waals surface area contributed by atoms with Gasteiger partial charge in [0, 0.05) is 46.0 Å². The van der Waals surface area contributed by atoms with Crippen LogP contribution in [0.4, 0.5) is 5.95 Å². The van der Waals surface area contributed by atoms with Crippen LogP contribution in [0, 0.1) is 0 Å². The van der Waals surface area contributed by atoms with E-state index in [0.717, 1.165) is 44.6 Å². The molecule has 5 heterocycles. The summed E-state index contributed by atoms with van der Waals surface area (Å²) in [6.45, 7) is 0.409. The van der Waals surface area contributed by atoms with Gasteiger partial charge < -0.3 is 14.3 Å². The van der Waals surface area contributed by atoms with Crippen molar-refractivity contribution in [1.29, 1.82) is 0 Å². The monoisotopic (exact) mass is 457 g/mol. The van der Waals surface area contributed by atoms with Crippen LogP contribution in [0.1, 0.15) is 22.9 Å². The van der Waals surface area contributed by atoms with Gasteiger partial charge in [0.25, 0.3) is 0 Å². The number of nitrogens with one attached hydrogen (secondary N) is 1. The van der Waals surface area contributed by atoms with Crippen LogP contribution in [0.3, 0.4) is 0 Å². The molecule has 2 aromatic carbocycles. The zero-order chi connectivity index (χ0) is 23.4. The lowest BCUT2D eigenvalue weighted by Gasteiger charge is -2.25. The van der Waals surface area contributed by atoms with Crippen LogP contribution in [-0.4, -0.2) is 19.9 Å². The lowest BCUT2D eigenvalue weighted by molar-refractivity contribution is 0.615. The standard InChI is InChI=1S/C28H19N5O2/c34-27-20-5-1-2-7-23(20)32-25-21(27)16-33(26(25)18-8-9-24-17(13-18)10-12-35-24)28-30-14-19(15-31-28)22-6-3-4-11-29-22/h1-15,26H,16H2,(H,32,34). The average molecular weight is 457 g/mol. The summed E-state index contributed by atoms with van der Waals surface area (Å²) < 4.78 is 5.55. The van der Waals surface area contributed by atoms with Gasteiger partial charge in [-0.3, -0.25) is 9.78 Å². The zero-order valence-corrected chi connectivity index (χ0v) is 18.6. The molecule has 0 saturated heterocycles. The number of pyridine rings is 2.